The van der Waals surface area contributed by atoms with Crippen LogP contribution in [0.3, 0.4) is 0 Å². The van der Waals surface area contributed by atoms with Gasteiger partial charge >= 0.3 is 6.09 Å². The Balaban J connectivity index is 1.98. The number of rotatable bonds is 0. The van der Waals surface area contributed by atoms with Gasteiger partial charge < -0.3 is 14.7 Å². The molecule has 1 saturated carbocycles. The van der Waals surface area contributed by atoms with Crippen LogP contribution in [0, 0.1) is 5.92 Å². The third kappa shape index (κ3) is 2.32. The molecule has 3 unspecified atom stereocenters. The van der Waals surface area contributed by atoms with Crippen LogP contribution in [0.4, 0.5) is 4.79 Å². The molecule has 1 aliphatic carbocycles. The first-order valence-corrected chi connectivity index (χ1v) is 6.04. The average molecular weight is 227 g/mol. The van der Waals surface area contributed by atoms with Gasteiger partial charge in [0.2, 0.25) is 0 Å². The number of ether oxygens (including phenoxy) is 1. The standard InChI is InChI=1S/C12H21NO3/c1-12(2,3)16-11(15)13-5-4-8-6-9(14)7-10(8)13/h8-10,14H,4-7H2,1-3H3. The molecule has 1 aliphatic heterocycles. The molecule has 3 atom stereocenters. The molecular formula is C12H21NO3. The van der Waals surface area contributed by atoms with Crippen molar-refractivity contribution in [1.29, 1.82) is 0 Å². The Hall–Kier alpha value is -0.770. The molecule has 2 aliphatic rings. The zero-order chi connectivity index (χ0) is 11.9. The lowest BCUT2D eigenvalue weighted by molar-refractivity contribution is 0.0206. The van der Waals surface area contributed by atoms with Crippen molar-refractivity contribution >= 4 is 6.09 Å². The SMILES string of the molecule is CC(C)(C)OC(=O)N1CCC2CC(O)CC21. The highest BCUT2D eigenvalue weighted by molar-refractivity contribution is 5.69. The predicted octanol–water partition coefficient (Wildman–Crippen LogP) is 1.77. The second-order valence-electron chi connectivity index (χ2n) is 5.92. The fourth-order valence-electron chi connectivity index (χ4n) is 2.78. The molecule has 0 radical (unpaired) electrons. The molecule has 2 fully saturated rings. The van der Waals surface area contributed by atoms with Crippen LogP contribution >= 0.6 is 0 Å². The fourth-order valence-corrected chi connectivity index (χ4v) is 2.78. The maximum absolute atomic E-state index is 11.9. The number of fused-ring (bicyclic) bond motifs is 1. The number of carbonyl (C=O) groups is 1. The first kappa shape index (κ1) is 11.7. The van der Waals surface area contributed by atoms with Crippen molar-refractivity contribution < 1.29 is 14.6 Å². The lowest BCUT2D eigenvalue weighted by Crippen LogP contribution is -2.40. The molecule has 16 heavy (non-hydrogen) atoms. The van der Waals surface area contributed by atoms with Gasteiger partial charge in [-0.25, -0.2) is 4.79 Å². The lowest BCUT2D eigenvalue weighted by Gasteiger charge is -2.28. The number of nitrogens with zero attached hydrogens (tertiary/aromatic N) is 1. The second-order valence-corrected chi connectivity index (χ2v) is 5.92. The summed E-state index contributed by atoms with van der Waals surface area (Å²) in [5.74, 6) is 0.475. The summed E-state index contributed by atoms with van der Waals surface area (Å²) in [5, 5.41) is 9.59. The molecule has 2 rings (SSSR count). The smallest absolute Gasteiger partial charge is 0.410 e. The minimum Gasteiger partial charge on any atom is -0.444 e. The van der Waals surface area contributed by atoms with Crippen molar-refractivity contribution in [2.24, 2.45) is 5.92 Å². The van der Waals surface area contributed by atoms with Gasteiger partial charge in [0.15, 0.2) is 0 Å². The molecule has 4 heteroatoms. The molecule has 1 heterocycles. The number of likely N-dealkylation sites (tertiary alicyclic amines) is 1. The van der Waals surface area contributed by atoms with Crippen molar-refractivity contribution in [3.63, 3.8) is 0 Å². The molecule has 4 nitrogen and oxygen atoms in total. The third-order valence-electron chi connectivity index (χ3n) is 3.40. The summed E-state index contributed by atoms with van der Waals surface area (Å²) in [5.41, 5.74) is -0.438. The summed E-state index contributed by atoms with van der Waals surface area (Å²) < 4.78 is 5.37. The number of hydrogen-bond donors (Lipinski definition) is 1. The lowest BCUT2D eigenvalue weighted by atomic mass is 10.0. The third-order valence-corrected chi connectivity index (χ3v) is 3.40. The Morgan fingerprint density at radius 1 is 1.38 bits per heavy atom. The van der Waals surface area contributed by atoms with Crippen molar-refractivity contribution in [3.8, 4) is 0 Å². The normalized spacial score (nSPS) is 34.0. The van der Waals surface area contributed by atoms with Crippen molar-refractivity contribution in [2.45, 2.75) is 57.8 Å². The van der Waals surface area contributed by atoms with Gasteiger partial charge in [-0.1, -0.05) is 0 Å². The summed E-state index contributed by atoms with van der Waals surface area (Å²) in [4.78, 5) is 13.7. The second kappa shape index (κ2) is 3.91. The molecule has 1 N–H and O–H groups in total. The molecule has 0 aromatic carbocycles. The zero-order valence-electron chi connectivity index (χ0n) is 10.3. The monoisotopic (exact) mass is 227 g/mol. The van der Waals surface area contributed by atoms with Crippen molar-refractivity contribution in [3.05, 3.63) is 0 Å². The van der Waals surface area contributed by atoms with Gasteiger partial charge in [-0.15, -0.1) is 0 Å². The predicted molar refractivity (Wildman–Crippen MR) is 60.1 cm³/mol. The van der Waals surface area contributed by atoms with E-state index < -0.39 is 5.60 Å². The zero-order valence-corrected chi connectivity index (χ0v) is 10.3. The van der Waals surface area contributed by atoms with Crippen LogP contribution in [0.15, 0.2) is 0 Å². The van der Waals surface area contributed by atoms with Gasteiger partial charge in [0.1, 0.15) is 5.60 Å². The summed E-state index contributed by atoms with van der Waals surface area (Å²) in [6.45, 7) is 6.41. The van der Waals surface area contributed by atoms with Crippen LogP contribution in [0.25, 0.3) is 0 Å². The highest BCUT2D eigenvalue weighted by atomic mass is 16.6. The molecule has 0 bridgehead atoms. The molecule has 92 valence electrons. The quantitative estimate of drug-likeness (QED) is 0.686. The minimum atomic E-state index is -0.438. The Morgan fingerprint density at radius 2 is 2.06 bits per heavy atom. The van der Waals surface area contributed by atoms with E-state index in [-0.39, 0.29) is 18.2 Å². The van der Waals surface area contributed by atoms with E-state index in [1.165, 1.54) is 0 Å². The minimum absolute atomic E-state index is 0.199. The van der Waals surface area contributed by atoms with Crippen LogP contribution in [0.2, 0.25) is 0 Å². The number of carbonyl (C=O) groups excluding carboxylic acids is 1. The highest BCUT2D eigenvalue weighted by Gasteiger charge is 2.44. The van der Waals surface area contributed by atoms with Crippen LogP contribution in [0.5, 0.6) is 0 Å². The Kier molecular flexibility index (Phi) is 2.86. The summed E-state index contributed by atoms with van der Waals surface area (Å²) in [7, 11) is 0. The Morgan fingerprint density at radius 3 is 2.69 bits per heavy atom. The van der Waals surface area contributed by atoms with Gasteiger partial charge in [0.25, 0.3) is 0 Å². The van der Waals surface area contributed by atoms with E-state index in [0.29, 0.717) is 12.3 Å². The van der Waals surface area contributed by atoms with Crippen molar-refractivity contribution in [2.75, 3.05) is 6.54 Å². The Labute approximate surface area is 96.6 Å². The van der Waals surface area contributed by atoms with Gasteiger partial charge in [0.05, 0.1) is 6.10 Å². The van der Waals surface area contributed by atoms with E-state index in [9.17, 15) is 9.90 Å². The molecular weight excluding hydrogens is 206 g/mol. The summed E-state index contributed by atoms with van der Waals surface area (Å²) in [6.07, 6.45) is 2.09. The van der Waals surface area contributed by atoms with Crippen molar-refractivity contribution in [1.82, 2.24) is 4.90 Å². The van der Waals surface area contributed by atoms with Gasteiger partial charge in [-0.2, -0.15) is 0 Å². The maximum Gasteiger partial charge on any atom is 0.410 e. The van der Waals surface area contributed by atoms with E-state index >= 15 is 0 Å². The summed E-state index contributed by atoms with van der Waals surface area (Å²) in [6, 6.07) is 0.199. The van der Waals surface area contributed by atoms with E-state index in [1.54, 1.807) is 4.90 Å². The van der Waals surface area contributed by atoms with E-state index in [4.69, 9.17) is 4.74 Å². The topological polar surface area (TPSA) is 49.8 Å². The maximum atomic E-state index is 11.9. The van der Waals surface area contributed by atoms with Gasteiger partial charge in [0, 0.05) is 12.6 Å². The van der Waals surface area contributed by atoms with E-state index in [2.05, 4.69) is 0 Å². The molecule has 1 amide bonds. The molecule has 0 spiro atoms. The first-order valence-electron chi connectivity index (χ1n) is 6.04. The summed E-state index contributed by atoms with van der Waals surface area (Å²) >= 11 is 0. The van der Waals surface area contributed by atoms with Crippen LogP contribution in [0.1, 0.15) is 40.0 Å². The molecule has 1 saturated heterocycles. The van der Waals surface area contributed by atoms with Crippen LogP contribution < -0.4 is 0 Å². The van der Waals surface area contributed by atoms with E-state index in [1.807, 2.05) is 20.8 Å². The molecule has 0 aromatic rings. The number of aliphatic hydroxyl groups excluding tert-OH is 1. The fraction of sp³-hybridized carbons (Fsp3) is 0.917. The first-order chi connectivity index (χ1) is 7.37. The van der Waals surface area contributed by atoms with Gasteiger partial charge in [-0.3, -0.25) is 0 Å². The molecule has 0 aromatic heterocycles. The average Bonchev–Trinajstić information content (AvgIpc) is 2.58. The van der Waals surface area contributed by atoms with E-state index in [0.717, 1.165) is 19.4 Å². The number of hydrogen-bond acceptors (Lipinski definition) is 3. The number of amides is 1. The number of aliphatic hydroxyl groups is 1. The largest absolute Gasteiger partial charge is 0.444 e. The van der Waals surface area contributed by atoms with Gasteiger partial charge in [-0.05, 0) is 46.0 Å². The highest BCUT2D eigenvalue weighted by Crippen LogP contribution is 2.38. The van der Waals surface area contributed by atoms with Crippen LogP contribution in [-0.2, 0) is 4.74 Å². The Bertz CT molecular complexity index is 284. The van der Waals surface area contributed by atoms with Crippen LogP contribution in [-0.4, -0.2) is 40.4 Å².